The molecule has 6 N–H and O–H groups in total. The van der Waals surface area contributed by atoms with Crippen LogP contribution in [-0.2, 0) is 49.5 Å². The Morgan fingerprint density at radius 1 is 0.738 bits per heavy atom. The van der Waals surface area contributed by atoms with Crippen LogP contribution < -0.4 is 26.6 Å². The summed E-state index contributed by atoms with van der Waals surface area (Å²) < 4.78 is 5.23. The lowest BCUT2D eigenvalue weighted by Gasteiger charge is -2.19. The van der Waals surface area contributed by atoms with Crippen LogP contribution in [0.5, 0.6) is 0 Å². The molecule has 0 aromatic heterocycles. The SMILES string of the molecule is O=C(O)CNC(=O)CNC(=O)[C@H](Cc1ccccc1)NC(=O)CNC(=O)CNC(=O)CCOCCN1C(=O)C=CC1=O. The van der Waals surface area contributed by atoms with E-state index in [0.717, 1.165) is 17.1 Å². The van der Waals surface area contributed by atoms with Crippen LogP contribution in [-0.4, -0.2) is 109 Å². The Kier molecular flexibility index (Phi) is 13.8. The second-order valence-corrected chi connectivity index (χ2v) is 8.78. The van der Waals surface area contributed by atoms with Gasteiger partial charge in [0.15, 0.2) is 0 Å². The highest BCUT2D eigenvalue weighted by Crippen LogP contribution is 2.04. The highest BCUT2D eigenvalue weighted by atomic mass is 16.5. The van der Waals surface area contributed by atoms with E-state index in [0.29, 0.717) is 5.56 Å². The number of hydrogen-bond donors (Lipinski definition) is 6. The monoisotopic (exact) mass is 588 g/mol. The van der Waals surface area contributed by atoms with Gasteiger partial charge >= 0.3 is 5.97 Å². The molecular formula is C26H32N6O10. The van der Waals surface area contributed by atoms with Crippen LogP contribution in [0.2, 0.25) is 0 Å². The van der Waals surface area contributed by atoms with E-state index in [4.69, 9.17) is 9.84 Å². The Balaban J connectivity index is 1.70. The standard InChI is InChI=1S/C26H32N6O10/c33-19(8-10-42-11-9-32-23(37)6-7-24(32)38)27-13-20(34)28-15-22(36)31-18(12-17-4-2-1-3-5-17)26(41)30-14-21(35)29-16-25(39)40/h1-7,18H,8-16H2,(H,27,33)(H,28,34)(H,29,35)(H,30,41)(H,31,36)(H,39,40)/t18-/m0/s1. The minimum atomic E-state index is -1.25. The van der Waals surface area contributed by atoms with Gasteiger partial charge in [-0.1, -0.05) is 30.3 Å². The highest BCUT2D eigenvalue weighted by molar-refractivity contribution is 6.12. The molecule has 1 heterocycles. The third kappa shape index (κ3) is 12.8. The van der Waals surface area contributed by atoms with Gasteiger partial charge in [-0.05, 0) is 5.56 Å². The van der Waals surface area contributed by atoms with E-state index in [1.165, 1.54) is 0 Å². The first-order valence-corrected chi connectivity index (χ1v) is 12.8. The van der Waals surface area contributed by atoms with Gasteiger partial charge in [0.25, 0.3) is 11.8 Å². The molecule has 0 aliphatic carbocycles. The van der Waals surface area contributed by atoms with Crippen LogP contribution in [0.3, 0.4) is 0 Å². The zero-order valence-corrected chi connectivity index (χ0v) is 22.6. The highest BCUT2D eigenvalue weighted by Gasteiger charge is 2.23. The average molecular weight is 589 g/mol. The maximum Gasteiger partial charge on any atom is 0.322 e. The van der Waals surface area contributed by atoms with Crippen molar-refractivity contribution >= 4 is 47.3 Å². The number of ether oxygens (including phenoxy) is 1. The number of rotatable bonds is 18. The zero-order chi connectivity index (χ0) is 30.9. The van der Waals surface area contributed by atoms with E-state index in [1.807, 2.05) is 0 Å². The third-order valence-corrected chi connectivity index (χ3v) is 5.52. The minimum Gasteiger partial charge on any atom is -0.480 e. The molecule has 1 aromatic rings. The van der Waals surface area contributed by atoms with Gasteiger partial charge in [-0.3, -0.25) is 43.3 Å². The van der Waals surface area contributed by atoms with E-state index in [-0.39, 0.29) is 32.6 Å². The summed E-state index contributed by atoms with van der Waals surface area (Å²) in [7, 11) is 0. The first-order valence-electron chi connectivity index (χ1n) is 12.8. The van der Waals surface area contributed by atoms with Gasteiger partial charge in [-0.2, -0.15) is 0 Å². The van der Waals surface area contributed by atoms with Crippen molar-refractivity contribution in [1.29, 1.82) is 0 Å². The molecule has 226 valence electrons. The molecule has 16 heteroatoms. The minimum absolute atomic E-state index is 0.00834. The molecular weight excluding hydrogens is 556 g/mol. The van der Waals surface area contributed by atoms with E-state index >= 15 is 0 Å². The predicted molar refractivity (Wildman–Crippen MR) is 143 cm³/mol. The Hall–Kier alpha value is -5.12. The molecule has 0 radical (unpaired) electrons. The Bertz CT molecular complexity index is 1190. The van der Waals surface area contributed by atoms with Crippen LogP contribution in [0.1, 0.15) is 12.0 Å². The molecule has 1 atom stereocenters. The fraction of sp³-hybridized carbons (Fsp3) is 0.385. The van der Waals surface area contributed by atoms with Crippen molar-refractivity contribution in [2.45, 2.75) is 18.9 Å². The van der Waals surface area contributed by atoms with Crippen molar-refractivity contribution < 1.29 is 48.2 Å². The number of carbonyl (C=O) groups is 8. The number of carbonyl (C=O) groups excluding carboxylic acids is 7. The smallest absolute Gasteiger partial charge is 0.322 e. The number of carboxylic acid groups (broad SMARTS) is 1. The summed E-state index contributed by atoms with van der Waals surface area (Å²) >= 11 is 0. The van der Waals surface area contributed by atoms with Gasteiger partial charge < -0.3 is 36.4 Å². The molecule has 0 unspecified atom stereocenters. The summed E-state index contributed by atoms with van der Waals surface area (Å²) in [5.41, 5.74) is 0.707. The van der Waals surface area contributed by atoms with E-state index in [1.54, 1.807) is 30.3 Å². The summed E-state index contributed by atoms with van der Waals surface area (Å²) in [6.45, 7) is -1.96. The Labute approximate surface area is 240 Å². The van der Waals surface area contributed by atoms with Gasteiger partial charge in [0.1, 0.15) is 12.6 Å². The first-order chi connectivity index (χ1) is 20.0. The summed E-state index contributed by atoms with van der Waals surface area (Å²) in [6, 6.07) is 7.60. The lowest BCUT2D eigenvalue weighted by Crippen LogP contribution is -2.52. The van der Waals surface area contributed by atoms with E-state index in [9.17, 15) is 38.4 Å². The van der Waals surface area contributed by atoms with Gasteiger partial charge in [-0.25, -0.2) is 0 Å². The number of nitrogens with one attached hydrogen (secondary N) is 5. The maximum atomic E-state index is 12.7. The van der Waals surface area contributed by atoms with E-state index < -0.39 is 79.5 Å². The molecule has 1 aliphatic heterocycles. The van der Waals surface area contributed by atoms with Crippen molar-refractivity contribution in [2.24, 2.45) is 0 Å². The van der Waals surface area contributed by atoms with Gasteiger partial charge in [0.05, 0.1) is 39.4 Å². The van der Waals surface area contributed by atoms with Crippen LogP contribution in [0, 0.1) is 0 Å². The van der Waals surface area contributed by atoms with Gasteiger partial charge in [0.2, 0.25) is 29.5 Å². The molecule has 1 aliphatic rings. The number of hydrogen-bond acceptors (Lipinski definition) is 9. The summed E-state index contributed by atoms with van der Waals surface area (Å²) in [5.74, 6) is -5.43. The summed E-state index contributed by atoms with van der Waals surface area (Å²) in [4.78, 5) is 95.2. The van der Waals surface area contributed by atoms with Crippen LogP contribution >= 0.6 is 0 Å². The summed E-state index contributed by atoms with van der Waals surface area (Å²) in [5, 5.41) is 20.2. The number of benzene rings is 1. The topological polar surface area (TPSA) is 229 Å². The molecule has 16 nitrogen and oxygen atoms in total. The number of imide groups is 1. The normalized spacial score (nSPS) is 12.8. The van der Waals surface area contributed by atoms with Gasteiger partial charge in [0, 0.05) is 25.0 Å². The quantitative estimate of drug-likeness (QED) is 0.0735. The van der Waals surface area contributed by atoms with Crippen LogP contribution in [0.4, 0.5) is 0 Å². The largest absolute Gasteiger partial charge is 0.480 e. The molecule has 42 heavy (non-hydrogen) atoms. The van der Waals surface area contributed by atoms with Crippen molar-refractivity contribution in [3.63, 3.8) is 0 Å². The lowest BCUT2D eigenvalue weighted by atomic mass is 10.1. The fourth-order valence-corrected chi connectivity index (χ4v) is 3.41. The molecule has 0 saturated carbocycles. The Morgan fingerprint density at radius 3 is 1.95 bits per heavy atom. The molecule has 2 rings (SSSR count). The molecule has 0 saturated heterocycles. The molecule has 7 amide bonds. The second-order valence-electron chi connectivity index (χ2n) is 8.78. The number of nitrogens with zero attached hydrogens (tertiary/aromatic N) is 1. The number of aliphatic carboxylic acids is 1. The molecule has 0 spiro atoms. The fourth-order valence-electron chi connectivity index (χ4n) is 3.41. The average Bonchev–Trinajstić information content (AvgIpc) is 3.28. The second kappa shape index (κ2) is 17.5. The van der Waals surface area contributed by atoms with Crippen molar-refractivity contribution in [2.75, 3.05) is 45.9 Å². The predicted octanol–water partition coefficient (Wildman–Crippen LogP) is -3.40. The summed E-state index contributed by atoms with van der Waals surface area (Å²) in [6.07, 6.45) is 2.30. The zero-order valence-electron chi connectivity index (χ0n) is 22.6. The maximum absolute atomic E-state index is 12.7. The van der Waals surface area contributed by atoms with Crippen LogP contribution in [0.15, 0.2) is 42.5 Å². The van der Waals surface area contributed by atoms with E-state index in [2.05, 4.69) is 26.6 Å². The van der Waals surface area contributed by atoms with Crippen molar-refractivity contribution in [3.8, 4) is 0 Å². The van der Waals surface area contributed by atoms with Gasteiger partial charge in [-0.15, -0.1) is 0 Å². The molecule has 1 aromatic carbocycles. The molecule has 0 bridgehead atoms. The number of carboxylic acids is 1. The first kappa shape index (κ1) is 33.1. The Morgan fingerprint density at radius 2 is 1.31 bits per heavy atom. The van der Waals surface area contributed by atoms with Crippen LogP contribution in [0.25, 0.3) is 0 Å². The van der Waals surface area contributed by atoms with Crippen molar-refractivity contribution in [1.82, 2.24) is 31.5 Å². The lowest BCUT2D eigenvalue weighted by molar-refractivity contribution is -0.138. The molecule has 0 fully saturated rings. The number of amides is 7. The third-order valence-electron chi connectivity index (χ3n) is 5.52. The van der Waals surface area contributed by atoms with Crippen molar-refractivity contribution in [3.05, 3.63) is 48.0 Å².